The van der Waals surface area contributed by atoms with E-state index in [1.54, 1.807) is 11.3 Å². The van der Waals surface area contributed by atoms with Gasteiger partial charge in [-0.05, 0) is 34.9 Å². The third-order valence-corrected chi connectivity index (χ3v) is 4.39. The van der Waals surface area contributed by atoms with Gasteiger partial charge in [0.15, 0.2) is 0 Å². The normalized spacial score (nSPS) is 15.4. The van der Waals surface area contributed by atoms with Gasteiger partial charge in [-0.15, -0.1) is 11.3 Å². The maximum atomic E-state index is 10.7. The molecule has 0 aliphatic heterocycles. The Bertz CT molecular complexity index is 501. The SMILES string of the molecule is CC(C)(C)c1ccc(C(C)(O)c2cccs2)cc1. The molecule has 0 bridgehead atoms. The second kappa shape index (κ2) is 4.52. The van der Waals surface area contributed by atoms with Crippen LogP contribution < -0.4 is 0 Å². The molecular weight excluding hydrogens is 240 g/mol. The molecule has 96 valence electrons. The zero-order valence-corrected chi connectivity index (χ0v) is 12.2. The van der Waals surface area contributed by atoms with Gasteiger partial charge in [0, 0.05) is 4.88 Å². The summed E-state index contributed by atoms with van der Waals surface area (Å²) in [5.41, 5.74) is 1.48. The van der Waals surface area contributed by atoms with Crippen molar-refractivity contribution in [1.82, 2.24) is 0 Å². The fourth-order valence-corrected chi connectivity index (χ4v) is 2.80. The Balaban J connectivity index is 2.36. The van der Waals surface area contributed by atoms with Crippen LogP contribution >= 0.6 is 11.3 Å². The predicted molar refractivity (Wildman–Crippen MR) is 78.1 cm³/mol. The summed E-state index contributed by atoms with van der Waals surface area (Å²) in [7, 11) is 0. The van der Waals surface area contributed by atoms with Crippen molar-refractivity contribution < 1.29 is 5.11 Å². The third-order valence-electron chi connectivity index (χ3n) is 3.31. The average molecular weight is 260 g/mol. The standard InChI is InChI=1S/C16H20OS/c1-15(2,3)12-7-9-13(10-8-12)16(4,17)14-6-5-11-18-14/h5-11,17H,1-4H3. The second-order valence-corrected chi connectivity index (χ2v) is 6.82. The van der Waals surface area contributed by atoms with E-state index in [1.807, 2.05) is 36.6 Å². The van der Waals surface area contributed by atoms with Crippen molar-refractivity contribution in [1.29, 1.82) is 0 Å². The van der Waals surface area contributed by atoms with E-state index in [0.29, 0.717) is 0 Å². The van der Waals surface area contributed by atoms with E-state index in [0.717, 1.165) is 10.4 Å². The average Bonchev–Trinajstić information content (AvgIpc) is 2.82. The maximum absolute atomic E-state index is 10.7. The monoisotopic (exact) mass is 260 g/mol. The molecule has 2 rings (SSSR count). The fourth-order valence-electron chi connectivity index (χ4n) is 1.99. The lowest BCUT2D eigenvalue weighted by Crippen LogP contribution is -2.21. The summed E-state index contributed by atoms with van der Waals surface area (Å²) >= 11 is 1.58. The van der Waals surface area contributed by atoms with Crippen LogP contribution in [-0.2, 0) is 11.0 Å². The van der Waals surface area contributed by atoms with Crippen LogP contribution in [0.3, 0.4) is 0 Å². The molecule has 0 aliphatic carbocycles. The predicted octanol–water partition coefficient (Wildman–Crippen LogP) is 4.30. The Hall–Kier alpha value is -1.12. The van der Waals surface area contributed by atoms with Gasteiger partial charge in [-0.1, -0.05) is 51.1 Å². The van der Waals surface area contributed by atoms with Crippen molar-refractivity contribution >= 4 is 11.3 Å². The molecule has 0 amide bonds. The molecule has 0 saturated carbocycles. The summed E-state index contributed by atoms with van der Waals surface area (Å²) in [6.45, 7) is 8.43. The highest BCUT2D eigenvalue weighted by atomic mass is 32.1. The number of benzene rings is 1. The number of rotatable bonds is 2. The van der Waals surface area contributed by atoms with E-state index in [-0.39, 0.29) is 5.41 Å². The number of thiophene rings is 1. The van der Waals surface area contributed by atoms with Gasteiger partial charge in [-0.3, -0.25) is 0 Å². The molecule has 1 heterocycles. The van der Waals surface area contributed by atoms with Crippen molar-refractivity contribution in [2.45, 2.75) is 38.7 Å². The van der Waals surface area contributed by atoms with Gasteiger partial charge in [0.1, 0.15) is 5.60 Å². The minimum absolute atomic E-state index is 0.146. The van der Waals surface area contributed by atoms with Crippen LogP contribution in [0.25, 0.3) is 0 Å². The highest BCUT2D eigenvalue weighted by molar-refractivity contribution is 7.10. The highest BCUT2D eigenvalue weighted by Gasteiger charge is 2.27. The van der Waals surface area contributed by atoms with Crippen LogP contribution in [0.15, 0.2) is 41.8 Å². The van der Waals surface area contributed by atoms with Crippen LogP contribution in [0, 0.1) is 0 Å². The molecule has 0 aliphatic rings. The van der Waals surface area contributed by atoms with E-state index in [1.165, 1.54) is 5.56 Å². The van der Waals surface area contributed by atoms with Gasteiger partial charge in [-0.2, -0.15) is 0 Å². The van der Waals surface area contributed by atoms with Crippen LogP contribution in [-0.4, -0.2) is 5.11 Å². The summed E-state index contributed by atoms with van der Waals surface area (Å²) in [6, 6.07) is 12.2. The first kappa shape index (κ1) is 13.3. The first-order valence-electron chi connectivity index (χ1n) is 6.19. The molecule has 0 saturated heterocycles. The third kappa shape index (κ3) is 2.50. The molecule has 2 heteroatoms. The van der Waals surface area contributed by atoms with Gasteiger partial charge in [0.2, 0.25) is 0 Å². The maximum Gasteiger partial charge on any atom is 0.121 e. The summed E-state index contributed by atoms with van der Waals surface area (Å²) in [4.78, 5) is 0.978. The molecule has 18 heavy (non-hydrogen) atoms. The zero-order chi connectivity index (χ0) is 13.4. The molecule has 0 fully saturated rings. The molecule has 1 atom stereocenters. The summed E-state index contributed by atoms with van der Waals surface area (Å²) in [5.74, 6) is 0. The fraction of sp³-hybridized carbons (Fsp3) is 0.375. The van der Waals surface area contributed by atoms with E-state index < -0.39 is 5.60 Å². The van der Waals surface area contributed by atoms with Gasteiger partial charge in [0.05, 0.1) is 0 Å². The minimum Gasteiger partial charge on any atom is -0.380 e. The van der Waals surface area contributed by atoms with Crippen LogP contribution in [0.4, 0.5) is 0 Å². The van der Waals surface area contributed by atoms with Crippen LogP contribution in [0.2, 0.25) is 0 Å². The lowest BCUT2D eigenvalue weighted by molar-refractivity contribution is 0.106. The van der Waals surface area contributed by atoms with Crippen LogP contribution in [0.5, 0.6) is 0 Å². The Kier molecular flexibility index (Phi) is 3.35. The quantitative estimate of drug-likeness (QED) is 0.853. The zero-order valence-electron chi connectivity index (χ0n) is 11.4. The number of hydrogen-bond acceptors (Lipinski definition) is 2. The number of aliphatic hydroxyl groups is 1. The topological polar surface area (TPSA) is 20.2 Å². The Labute approximate surface area is 113 Å². The van der Waals surface area contributed by atoms with E-state index in [2.05, 4.69) is 32.9 Å². The Morgan fingerprint density at radius 3 is 1.89 bits per heavy atom. The number of hydrogen-bond donors (Lipinski definition) is 1. The summed E-state index contributed by atoms with van der Waals surface area (Å²) in [6.07, 6.45) is 0. The van der Waals surface area contributed by atoms with Crippen LogP contribution in [0.1, 0.15) is 43.7 Å². The Morgan fingerprint density at radius 2 is 1.44 bits per heavy atom. The van der Waals surface area contributed by atoms with Gasteiger partial charge in [0.25, 0.3) is 0 Å². The first-order valence-corrected chi connectivity index (χ1v) is 7.07. The highest BCUT2D eigenvalue weighted by Crippen LogP contribution is 2.33. The summed E-state index contributed by atoms with van der Waals surface area (Å²) in [5, 5.41) is 12.6. The van der Waals surface area contributed by atoms with Crippen molar-refractivity contribution in [3.05, 3.63) is 57.8 Å². The minimum atomic E-state index is -0.898. The van der Waals surface area contributed by atoms with Crippen molar-refractivity contribution in [2.75, 3.05) is 0 Å². The van der Waals surface area contributed by atoms with Gasteiger partial charge < -0.3 is 5.11 Å². The first-order chi connectivity index (χ1) is 8.32. The van der Waals surface area contributed by atoms with Crippen molar-refractivity contribution in [3.8, 4) is 0 Å². The molecule has 0 radical (unpaired) electrons. The lowest BCUT2D eigenvalue weighted by atomic mass is 9.85. The molecular formula is C16H20OS. The van der Waals surface area contributed by atoms with Crippen molar-refractivity contribution in [2.24, 2.45) is 0 Å². The molecule has 1 nitrogen and oxygen atoms in total. The molecule has 1 unspecified atom stereocenters. The smallest absolute Gasteiger partial charge is 0.121 e. The van der Waals surface area contributed by atoms with E-state index in [9.17, 15) is 5.11 Å². The Morgan fingerprint density at radius 1 is 0.889 bits per heavy atom. The largest absolute Gasteiger partial charge is 0.380 e. The molecule has 1 N–H and O–H groups in total. The molecule has 1 aromatic carbocycles. The van der Waals surface area contributed by atoms with Crippen molar-refractivity contribution in [3.63, 3.8) is 0 Å². The van der Waals surface area contributed by atoms with E-state index in [4.69, 9.17) is 0 Å². The van der Waals surface area contributed by atoms with E-state index >= 15 is 0 Å². The lowest BCUT2D eigenvalue weighted by Gasteiger charge is -2.25. The molecule has 1 aromatic heterocycles. The summed E-state index contributed by atoms with van der Waals surface area (Å²) < 4.78 is 0. The van der Waals surface area contributed by atoms with Gasteiger partial charge >= 0.3 is 0 Å². The molecule has 0 spiro atoms. The van der Waals surface area contributed by atoms with Gasteiger partial charge in [-0.25, -0.2) is 0 Å². The second-order valence-electron chi connectivity index (χ2n) is 5.88. The molecule has 2 aromatic rings.